The summed E-state index contributed by atoms with van der Waals surface area (Å²) < 4.78 is 0. The van der Waals surface area contributed by atoms with Crippen molar-refractivity contribution >= 4 is 0 Å². The van der Waals surface area contributed by atoms with E-state index in [1.807, 2.05) is 13.0 Å². The van der Waals surface area contributed by atoms with Crippen molar-refractivity contribution in [3.63, 3.8) is 0 Å². The van der Waals surface area contributed by atoms with Crippen LogP contribution in [0.1, 0.15) is 29.5 Å². The second kappa shape index (κ2) is 3.72. The molecule has 1 heteroatoms. The van der Waals surface area contributed by atoms with Crippen molar-refractivity contribution in [3.05, 3.63) is 34.9 Å². The molecule has 0 radical (unpaired) electrons. The van der Waals surface area contributed by atoms with Crippen molar-refractivity contribution < 1.29 is 5.11 Å². The number of aryl methyl sites for hydroxylation is 1. The fourth-order valence-electron chi connectivity index (χ4n) is 1.41. The summed E-state index contributed by atoms with van der Waals surface area (Å²) in [6.07, 6.45) is 0. The van der Waals surface area contributed by atoms with Crippen LogP contribution in [-0.2, 0) is 0 Å². The van der Waals surface area contributed by atoms with Crippen molar-refractivity contribution in [3.8, 4) is 0 Å². The molecule has 1 aromatic rings. The molecule has 0 saturated heterocycles. The van der Waals surface area contributed by atoms with E-state index in [2.05, 4.69) is 26.0 Å². The van der Waals surface area contributed by atoms with Crippen LogP contribution in [0.5, 0.6) is 0 Å². The number of aliphatic hydroxyl groups is 1. The molecule has 0 spiro atoms. The molecule has 0 unspecified atom stereocenters. The topological polar surface area (TPSA) is 20.2 Å². The van der Waals surface area contributed by atoms with E-state index in [-0.39, 0.29) is 12.5 Å². The summed E-state index contributed by atoms with van der Waals surface area (Å²) in [5.41, 5.74) is 3.87. The molecule has 0 aliphatic carbocycles. The Balaban J connectivity index is 3.07. The Kier molecular flexibility index (Phi) is 2.88. The molecule has 0 aliphatic rings. The normalized spacial score (nSPS) is 13.0. The van der Waals surface area contributed by atoms with Crippen LogP contribution in [0.15, 0.2) is 18.2 Å². The summed E-state index contributed by atoms with van der Waals surface area (Å²) in [5.74, 6) is 0.255. The minimum atomic E-state index is 0.226. The summed E-state index contributed by atoms with van der Waals surface area (Å²) in [4.78, 5) is 0. The lowest BCUT2D eigenvalue weighted by Gasteiger charge is -2.13. The lowest BCUT2D eigenvalue weighted by atomic mass is 9.94. The molecule has 1 atom stereocenters. The SMILES string of the molecule is Cc1cccc([C@@H](C)CO)c1C. The van der Waals surface area contributed by atoms with Gasteiger partial charge < -0.3 is 5.11 Å². The molecule has 0 aromatic heterocycles. The fourth-order valence-corrected chi connectivity index (χ4v) is 1.41. The first-order chi connectivity index (χ1) is 5.66. The van der Waals surface area contributed by atoms with Gasteiger partial charge in [-0.05, 0) is 30.5 Å². The van der Waals surface area contributed by atoms with E-state index in [1.54, 1.807) is 0 Å². The van der Waals surface area contributed by atoms with Gasteiger partial charge in [0.2, 0.25) is 0 Å². The lowest BCUT2D eigenvalue weighted by molar-refractivity contribution is 0.272. The second-order valence-electron chi connectivity index (χ2n) is 3.37. The molecular weight excluding hydrogens is 148 g/mol. The first-order valence-corrected chi connectivity index (χ1v) is 4.33. The second-order valence-corrected chi connectivity index (χ2v) is 3.37. The van der Waals surface area contributed by atoms with Gasteiger partial charge in [0.1, 0.15) is 0 Å². The number of benzene rings is 1. The van der Waals surface area contributed by atoms with E-state index >= 15 is 0 Å². The molecule has 0 heterocycles. The molecule has 0 fully saturated rings. The zero-order valence-corrected chi connectivity index (χ0v) is 7.96. The van der Waals surface area contributed by atoms with Gasteiger partial charge in [-0.25, -0.2) is 0 Å². The van der Waals surface area contributed by atoms with Crippen molar-refractivity contribution in [2.45, 2.75) is 26.7 Å². The van der Waals surface area contributed by atoms with Crippen LogP contribution in [0, 0.1) is 13.8 Å². The Morgan fingerprint density at radius 1 is 1.33 bits per heavy atom. The van der Waals surface area contributed by atoms with Crippen LogP contribution < -0.4 is 0 Å². The van der Waals surface area contributed by atoms with Gasteiger partial charge in [0, 0.05) is 12.5 Å². The van der Waals surface area contributed by atoms with E-state index < -0.39 is 0 Å². The maximum Gasteiger partial charge on any atom is 0.0497 e. The monoisotopic (exact) mass is 164 g/mol. The van der Waals surface area contributed by atoms with Gasteiger partial charge >= 0.3 is 0 Å². The van der Waals surface area contributed by atoms with Crippen molar-refractivity contribution in [1.82, 2.24) is 0 Å². The third kappa shape index (κ3) is 1.67. The molecule has 1 rings (SSSR count). The zero-order valence-electron chi connectivity index (χ0n) is 7.96. The first kappa shape index (κ1) is 9.27. The van der Waals surface area contributed by atoms with E-state index in [1.165, 1.54) is 16.7 Å². The fraction of sp³-hybridized carbons (Fsp3) is 0.455. The number of rotatable bonds is 2. The minimum Gasteiger partial charge on any atom is -0.396 e. The van der Waals surface area contributed by atoms with Crippen LogP contribution in [0.2, 0.25) is 0 Å². The molecule has 0 saturated carbocycles. The van der Waals surface area contributed by atoms with Gasteiger partial charge in [0.05, 0.1) is 0 Å². The molecule has 1 nitrogen and oxygen atoms in total. The van der Waals surface area contributed by atoms with Crippen molar-refractivity contribution in [2.75, 3.05) is 6.61 Å². The van der Waals surface area contributed by atoms with Crippen molar-refractivity contribution in [1.29, 1.82) is 0 Å². The average Bonchev–Trinajstić information content (AvgIpc) is 2.08. The lowest BCUT2D eigenvalue weighted by Crippen LogP contribution is -2.02. The summed E-state index contributed by atoms with van der Waals surface area (Å²) in [6.45, 7) is 6.48. The highest BCUT2D eigenvalue weighted by atomic mass is 16.3. The van der Waals surface area contributed by atoms with Crippen LogP contribution in [-0.4, -0.2) is 11.7 Å². The number of hydrogen-bond donors (Lipinski definition) is 1. The van der Waals surface area contributed by atoms with E-state index in [0.717, 1.165) is 0 Å². The molecular formula is C11H16O. The van der Waals surface area contributed by atoms with Crippen LogP contribution >= 0.6 is 0 Å². The summed E-state index contributed by atoms with van der Waals surface area (Å²) in [5, 5.41) is 9.00. The molecule has 0 aliphatic heterocycles. The molecule has 0 amide bonds. The highest BCUT2D eigenvalue weighted by molar-refractivity contribution is 5.35. The Bertz CT molecular complexity index is 266. The largest absolute Gasteiger partial charge is 0.396 e. The van der Waals surface area contributed by atoms with Gasteiger partial charge in [0.25, 0.3) is 0 Å². The first-order valence-electron chi connectivity index (χ1n) is 4.33. The Hall–Kier alpha value is -0.820. The quantitative estimate of drug-likeness (QED) is 0.711. The average molecular weight is 164 g/mol. The van der Waals surface area contributed by atoms with Gasteiger partial charge in [-0.15, -0.1) is 0 Å². The van der Waals surface area contributed by atoms with E-state index in [0.29, 0.717) is 0 Å². The van der Waals surface area contributed by atoms with Crippen LogP contribution in [0.4, 0.5) is 0 Å². The standard InChI is InChI=1S/C11H16O/c1-8-5-4-6-11(10(8)3)9(2)7-12/h4-6,9,12H,7H2,1-3H3/t9-/m0/s1. The zero-order chi connectivity index (χ0) is 9.14. The van der Waals surface area contributed by atoms with Gasteiger partial charge in [-0.2, -0.15) is 0 Å². The smallest absolute Gasteiger partial charge is 0.0497 e. The molecule has 12 heavy (non-hydrogen) atoms. The number of hydrogen-bond acceptors (Lipinski definition) is 1. The highest BCUT2D eigenvalue weighted by Gasteiger charge is 2.07. The van der Waals surface area contributed by atoms with Crippen LogP contribution in [0.25, 0.3) is 0 Å². The van der Waals surface area contributed by atoms with E-state index in [4.69, 9.17) is 5.11 Å². The summed E-state index contributed by atoms with van der Waals surface area (Å²) in [6, 6.07) is 6.23. The third-order valence-corrected chi connectivity index (χ3v) is 2.45. The molecule has 1 aromatic carbocycles. The summed E-state index contributed by atoms with van der Waals surface area (Å²) in [7, 11) is 0. The van der Waals surface area contributed by atoms with Crippen LogP contribution in [0.3, 0.4) is 0 Å². The van der Waals surface area contributed by atoms with Crippen molar-refractivity contribution in [2.24, 2.45) is 0 Å². The Morgan fingerprint density at radius 3 is 2.58 bits per heavy atom. The van der Waals surface area contributed by atoms with Gasteiger partial charge in [-0.1, -0.05) is 25.1 Å². The predicted octanol–water partition coefficient (Wildman–Crippen LogP) is 2.40. The van der Waals surface area contributed by atoms with Gasteiger partial charge in [0.15, 0.2) is 0 Å². The summed E-state index contributed by atoms with van der Waals surface area (Å²) >= 11 is 0. The maximum atomic E-state index is 9.00. The third-order valence-electron chi connectivity index (χ3n) is 2.45. The predicted molar refractivity (Wildman–Crippen MR) is 51.4 cm³/mol. The van der Waals surface area contributed by atoms with E-state index in [9.17, 15) is 0 Å². The minimum absolute atomic E-state index is 0.226. The van der Waals surface area contributed by atoms with Gasteiger partial charge in [-0.3, -0.25) is 0 Å². The molecule has 1 N–H and O–H groups in total. The number of aliphatic hydroxyl groups excluding tert-OH is 1. The molecule has 0 bridgehead atoms. The maximum absolute atomic E-state index is 9.00. The highest BCUT2D eigenvalue weighted by Crippen LogP contribution is 2.20. The molecule has 66 valence electrons. The Labute approximate surface area is 74.1 Å². The Morgan fingerprint density at radius 2 is 2.00 bits per heavy atom.